The number of benzene rings is 1. The number of ether oxygens (including phenoxy) is 1. The number of aliphatic carboxylic acids is 1. The number of nitrogens with one attached hydrogen (secondary N) is 1. The van der Waals surface area contributed by atoms with Gasteiger partial charge in [-0.2, -0.15) is 0 Å². The summed E-state index contributed by atoms with van der Waals surface area (Å²) in [5.41, 5.74) is 0.954. The van der Waals surface area contributed by atoms with Crippen molar-refractivity contribution in [2.24, 2.45) is 0 Å². The van der Waals surface area contributed by atoms with E-state index in [1.807, 2.05) is 30.3 Å². The van der Waals surface area contributed by atoms with E-state index >= 15 is 0 Å². The fourth-order valence-corrected chi connectivity index (χ4v) is 3.60. The Bertz CT molecular complexity index is 868. The lowest BCUT2D eigenvalue weighted by Gasteiger charge is -2.26. The molecule has 194 valence electrons. The van der Waals surface area contributed by atoms with E-state index in [0.29, 0.717) is 19.3 Å². The smallest absolute Gasteiger partial charge is 0.331 e. The molecule has 1 heterocycles. The normalized spacial score (nSPS) is 17.5. The SMILES string of the molecule is CC(NC(CCc1ccccc1)C(=O)O)C(=O)N1C(=O)N(C)CC1C(=O)OCCCCON(O)O. The topological polar surface area (TPSA) is 169 Å². The number of carbonyl (C=O) groups excluding carboxylic acids is 3. The summed E-state index contributed by atoms with van der Waals surface area (Å²) < 4.78 is 5.18. The Morgan fingerprint density at radius 2 is 1.83 bits per heavy atom. The highest BCUT2D eigenvalue weighted by Gasteiger charge is 2.46. The molecule has 1 saturated heterocycles. The van der Waals surface area contributed by atoms with Crippen LogP contribution in [0.3, 0.4) is 0 Å². The maximum Gasteiger partial charge on any atom is 0.331 e. The van der Waals surface area contributed by atoms with Crippen LogP contribution in [0, 0.1) is 0 Å². The molecule has 0 saturated carbocycles. The van der Waals surface area contributed by atoms with Crippen molar-refractivity contribution in [3.8, 4) is 0 Å². The van der Waals surface area contributed by atoms with E-state index in [0.717, 1.165) is 10.5 Å². The number of aryl methyl sites for hydroxylation is 1. The van der Waals surface area contributed by atoms with Crippen LogP contribution in [0.2, 0.25) is 0 Å². The lowest BCUT2D eigenvalue weighted by atomic mass is 10.0. The molecule has 13 heteroatoms. The van der Waals surface area contributed by atoms with Gasteiger partial charge in [-0.25, -0.2) is 14.5 Å². The Hall–Kier alpha value is -3.10. The summed E-state index contributed by atoms with van der Waals surface area (Å²) in [5, 5.41) is 28.8. The second-order valence-corrected chi connectivity index (χ2v) is 8.15. The van der Waals surface area contributed by atoms with E-state index in [9.17, 15) is 24.3 Å². The van der Waals surface area contributed by atoms with Crippen molar-refractivity contribution in [2.45, 2.75) is 50.7 Å². The third-order valence-electron chi connectivity index (χ3n) is 5.47. The minimum Gasteiger partial charge on any atom is -0.480 e. The standard InChI is InChI=1S/C22H32N4O9/c1-15(23-17(20(28)29)11-10-16-8-4-3-5-9-16)19(27)25-18(14-24(2)22(25)31)21(30)34-12-6-7-13-35-26(32)33/h3-5,8-9,15,17-18,23,32-33H,6-7,10-14H2,1-2H3,(H,28,29). The average molecular weight is 497 g/mol. The third kappa shape index (κ3) is 8.56. The predicted molar refractivity (Wildman–Crippen MR) is 119 cm³/mol. The van der Waals surface area contributed by atoms with Gasteiger partial charge in [0.05, 0.1) is 31.2 Å². The molecule has 3 amide bonds. The fourth-order valence-electron chi connectivity index (χ4n) is 3.60. The second-order valence-electron chi connectivity index (χ2n) is 8.15. The number of amides is 3. The number of unbranched alkanes of at least 4 members (excludes halogenated alkanes) is 1. The first-order chi connectivity index (χ1) is 16.6. The van der Waals surface area contributed by atoms with Crippen molar-refractivity contribution in [2.75, 3.05) is 26.8 Å². The monoisotopic (exact) mass is 496 g/mol. The first kappa shape index (κ1) is 28.1. The van der Waals surface area contributed by atoms with Gasteiger partial charge in [0.1, 0.15) is 6.04 Å². The Morgan fingerprint density at radius 1 is 1.17 bits per heavy atom. The van der Waals surface area contributed by atoms with Gasteiger partial charge in [0, 0.05) is 7.05 Å². The quantitative estimate of drug-likeness (QED) is 0.162. The molecule has 3 unspecified atom stereocenters. The highest BCUT2D eigenvalue weighted by Crippen LogP contribution is 2.18. The Kier molecular flexibility index (Phi) is 11.0. The van der Waals surface area contributed by atoms with Crippen molar-refractivity contribution < 1.29 is 44.3 Å². The van der Waals surface area contributed by atoms with E-state index in [4.69, 9.17) is 15.2 Å². The van der Waals surface area contributed by atoms with Crippen molar-refractivity contribution in [1.29, 1.82) is 0 Å². The molecular formula is C22H32N4O9. The molecular weight excluding hydrogens is 464 g/mol. The molecule has 4 N–H and O–H groups in total. The number of hydrogen-bond acceptors (Lipinski definition) is 10. The van der Waals surface area contributed by atoms with Gasteiger partial charge >= 0.3 is 18.0 Å². The number of carboxylic acids is 1. The maximum absolute atomic E-state index is 13.1. The minimum absolute atomic E-state index is 0.0159. The highest BCUT2D eigenvalue weighted by atomic mass is 17.1. The predicted octanol–water partition coefficient (Wildman–Crippen LogP) is 0.649. The number of likely N-dealkylation sites (N-methyl/N-ethyl adjacent to an activating group) is 1. The van der Waals surface area contributed by atoms with Crippen molar-refractivity contribution in [1.82, 2.24) is 20.5 Å². The Morgan fingerprint density at radius 3 is 2.46 bits per heavy atom. The molecule has 0 spiro atoms. The number of imide groups is 1. The number of hydrogen-bond donors (Lipinski definition) is 4. The van der Waals surface area contributed by atoms with E-state index in [-0.39, 0.29) is 26.2 Å². The zero-order valence-corrected chi connectivity index (χ0v) is 19.7. The number of rotatable bonds is 14. The van der Waals surface area contributed by atoms with Crippen LogP contribution in [0.5, 0.6) is 0 Å². The van der Waals surface area contributed by atoms with Gasteiger partial charge in [-0.3, -0.25) is 30.2 Å². The lowest BCUT2D eigenvalue weighted by Crippen LogP contribution is -2.54. The van der Waals surface area contributed by atoms with E-state index in [1.54, 1.807) is 0 Å². The fraction of sp³-hybridized carbons (Fsp3) is 0.545. The van der Waals surface area contributed by atoms with Crippen LogP contribution in [0.25, 0.3) is 0 Å². The number of carbonyl (C=O) groups is 4. The first-order valence-corrected chi connectivity index (χ1v) is 11.2. The molecule has 1 aliphatic heterocycles. The zero-order chi connectivity index (χ0) is 26.0. The van der Waals surface area contributed by atoms with Gasteiger partial charge < -0.3 is 14.7 Å². The second kappa shape index (κ2) is 13.7. The third-order valence-corrected chi connectivity index (χ3v) is 5.47. The van der Waals surface area contributed by atoms with Crippen LogP contribution in [-0.4, -0.2) is 99.5 Å². The summed E-state index contributed by atoms with van der Waals surface area (Å²) >= 11 is 0. The molecule has 0 bridgehead atoms. The largest absolute Gasteiger partial charge is 0.480 e. The van der Waals surface area contributed by atoms with Gasteiger partial charge in [-0.1, -0.05) is 30.3 Å². The number of nitrogens with zero attached hydrogens (tertiary/aromatic N) is 3. The number of esters is 1. The highest BCUT2D eigenvalue weighted by molar-refractivity contribution is 6.03. The van der Waals surface area contributed by atoms with Crippen LogP contribution in [0.1, 0.15) is 31.7 Å². The Labute approximate surface area is 202 Å². The lowest BCUT2D eigenvalue weighted by molar-refractivity contribution is -0.492. The first-order valence-electron chi connectivity index (χ1n) is 11.2. The van der Waals surface area contributed by atoms with Gasteiger partial charge in [-0.15, -0.1) is 0 Å². The summed E-state index contributed by atoms with van der Waals surface area (Å²) in [4.78, 5) is 56.4. The minimum atomic E-state index is -1.17. The molecule has 1 aromatic carbocycles. The molecule has 0 aliphatic carbocycles. The van der Waals surface area contributed by atoms with Crippen molar-refractivity contribution >= 4 is 23.9 Å². The molecule has 3 atom stereocenters. The van der Waals surface area contributed by atoms with Crippen LogP contribution in [0.4, 0.5) is 4.79 Å². The molecule has 2 rings (SSSR count). The van der Waals surface area contributed by atoms with Gasteiger partial charge in [0.15, 0.2) is 6.04 Å². The van der Waals surface area contributed by atoms with Crippen LogP contribution in [-0.2, 0) is 30.4 Å². The molecule has 1 fully saturated rings. The maximum atomic E-state index is 13.1. The van der Waals surface area contributed by atoms with E-state index in [2.05, 4.69) is 10.2 Å². The molecule has 0 aromatic heterocycles. The zero-order valence-electron chi connectivity index (χ0n) is 19.7. The van der Waals surface area contributed by atoms with Gasteiger partial charge in [0.25, 0.3) is 0 Å². The van der Waals surface area contributed by atoms with Gasteiger partial charge in [-0.05, 0) is 38.2 Å². The Balaban J connectivity index is 1.94. The van der Waals surface area contributed by atoms with E-state index in [1.165, 1.54) is 18.9 Å². The molecule has 1 aliphatic rings. The average Bonchev–Trinajstić information content (AvgIpc) is 3.12. The molecule has 13 nitrogen and oxygen atoms in total. The van der Waals surface area contributed by atoms with E-state index < -0.39 is 47.4 Å². The van der Waals surface area contributed by atoms with Crippen LogP contribution >= 0.6 is 0 Å². The van der Waals surface area contributed by atoms with Crippen molar-refractivity contribution in [3.63, 3.8) is 0 Å². The molecule has 1 aromatic rings. The summed E-state index contributed by atoms with van der Waals surface area (Å²) in [6.45, 7) is 1.35. The van der Waals surface area contributed by atoms with Crippen LogP contribution in [0.15, 0.2) is 30.3 Å². The number of carboxylic acid groups (broad SMARTS) is 1. The van der Waals surface area contributed by atoms with Gasteiger partial charge in [0.2, 0.25) is 5.91 Å². The van der Waals surface area contributed by atoms with Crippen molar-refractivity contribution in [3.05, 3.63) is 35.9 Å². The summed E-state index contributed by atoms with van der Waals surface area (Å²) in [6.07, 6.45) is 1.41. The molecule has 0 radical (unpaired) electrons. The summed E-state index contributed by atoms with van der Waals surface area (Å²) in [6, 6.07) is 5.39. The summed E-state index contributed by atoms with van der Waals surface area (Å²) in [7, 11) is 1.45. The number of urea groups is 1. The summed E-state index contributed by atoms with van der Waals surface area (Å²) in [5.74, 6) is -2.63. The molecule has 35 heavy (non-hydrogen) atoms. The van der Waals surface area contributed by atoms with Crippen LogP contribution < -0.4 is 5.32 Å².